The van der Waals surface area contributed by atoms with Gasteiger partial charge in [-0.3, -0.25) is 0 Å². The number of urea groups is 1. The minimum Gasteiger partial charge on any atom is -0.339 e. The van der Waals surface area contributed by atoms with Gasteiger partial charge in [-0.25, -0.2) is 9.78 Å². The molecule has 0 spiro atoms. The Morgan fingerprint density at radius 3 is 2.20 bits per heavy atom. The number of fused-ring (bicyclic) bond motifs is 1. The van der Waals surface area contributed by atoms with E-state index in [0.29, 0.717) is 13.1 Å². The molecule has 0 saturated carbocycles. The summed E-state index contributed by atoms with van der Waals surface area (Å²) in [4.78, 5) is 22.1. The lowest BCUT2D eigenvalue weighted by atomic mass is 9.87. The number of amides is 2. The summed E-state index contributed by atoms with van der Waals surface area (Å²) in [7, 11) is 0. The van der Waals surface area contributed by atoms with Crippen molar-refractivity contribution in [2.24, 2.45) is 0 Å². The molecule has 2 heterocycles. The summed E-state index contributed by atoms with van der Waals surface area (Å²) in [5.74, 6) is 0.966. The lowest BCUT2D eigenvalue weighted by Crippen LogP contribution is -2.50. The van der Waals surface area contributed by atoms with E-state index in [1.165, 1.54) is 11.1 Å². The van der Waals surface area contributed by atoms with Gasteiger partial charge in [0.1, 0.15) is 0 Å². The third-order valence-electron chi connectivity index (χ3n) is 6.67. The van der Waals surface area contributed by atoms with Crippen molar-refractivity contribution in [3.05, 3.63) is 90.0 Å². The van der Waals surface area contributed by atoms with Crippen molar-refractivity contribution in [3.8, 4) is 0 Å². The molecule has 6 heteroatoms. The zero-order valence-electron chi connectivity index (χ0n) is 20.7. The average molecular weight is 468 g/mol. The molecule has 0 radical (unpaired) electrons. The van der Waals surface area contributed by atoms with Crippen molar-refractivity contribution >= 4 is 28.7 Å². The van der Waals surface area contributed by atoms with Crippen molar-refractivity contribution in [1.29, 1.82) is 0 Å². The van der Waals surface area contributed by atoms with Gasteiger partial charge in [0, 0.05) is 31.9 Å². The fourth-order valence-electron chi connectivity index (χ4n) is 4.59. The Hall–Kier alpha value is -3.80. The largest absolute Gasteiger partial charge is 0.339 e. The number of para-hydroxylation sites is 2. The second-order valence-electron chi connectivity index (χ2n) is 10.2. The van der Waals surface area contributed by atoms with E-state index in [-0.39, 0.29) is 11.4 Å². The van der Waals surface area contributed by atoms with Crippen molar-refractivity contribution in [3.63, 3.8) is 0 Å². The van der Waals surface area contributed by atoms with Crippen LogP contribution in [0.3, 0.4) is 0 Å². The molecule has 4 aromatic rings. The predicted molar refractivity (Wildman–Crippen MR) is 143 cm³/mol. The smallest absolute Gasteiger partial charge is 0.321 e. The molecule has 6 nitrogen and oxygen atoms in total. The summed E-state index contributed by atoms with van der Waals surface area (Å²) in [6.07, 6.45) is 0. The highest BCUT2D eigenvalue weighted by atomic mass is 16.2. The molecule has 1 N–H and O–H groups in total. The number of anilines is 2. The summed E-state index contributed by atoms with van der Waals surface area (Å²) in [6, 6.07) is 26.9. The van der Waals surface area contributed by atoms with E-state index in [1.54, 1.807) is 0 Å². The number of imidazole rings is 1. The van der Waals surface area contributed by atoms with Crippen LogP contribution in [0.25, 0.3) is 11.0 Å². The van der Waals surface area contributed by atoms with Crippen LogP contribution in [-0.4, -0.2) is 46.7 Å². The maximum absolute atomic E-state index is 12.9. The molecule has 1 fully saturated rings. The summed E-state index contributed by atoms with van der Waals surface area (Å²) < 4.78 is 2.29. The lowest BCUT2D eigenvalue weighted by molar-refractivity contribution is 0.208. The van der Waals surface area contributed by atoms with Crippen LogP contribution in [0.2, 0.25) is 0 Å². The van der Waals surface area contributed by atoms with E-state index in [0.717, 1.165) is 42.3 Å². The standard InChI is InChI=1S/C29H33N5O/c1-29(2,3)23-13-15-24(16-14-23)30-28(35)33-19-17-32(18-20-33)27-31-25-11-7-8-12-26(25)34(27)21-22-9-5-4-6-10-22/h4-16H,17-21H2,1-3H3,(H,30,35). The molecule has 0 atom stereocenters. The van der Waals surface area contributed by atoms with Crippen molar-refractivity contribution in [1.82, 2.24) is 14.5 Å². The highest BCUT2D eigenvalue weighted by molar-refractivity contribution is 5.89. The highest BCUT2D eigenvalue weighted by Gasteiger charge is 2.25. The first-order chi connectivity index (χ1) is 16.9. The first kappa shape index (κ1) is 23.0. The van der Waals surface area contributed by atoms with Crippen molar-refractivity contribution in [2.45, 2.75) is 32.7 Å². The molecule has 1 aliphatic rings. The van der Waals surface area contributed by atoms with Crippen LogP contribution in [0.15, 0.2) is 78.9 Å². The van der Waals surface area contributed by atoms with Crippen LogP contribution in [0.4, 0.5) is 16.4 Å². The average Bonchev–Trinajstić information content (AvgIpc) is 3.23. The topological polar surface area (TPSA) is 53.4 Å². The normalized spacial score (nSPS) is 14.4. The molecular weight excluding hydrogens is 434 g/mol. The summed E-state index contributed by atoms with van der Waals surface area (Å²) in [6.45, 7) is 10.1. The number of piperazine rings is 1. The van der Waals surface area contributed by atoms with Gasteiger partial charge in [0.2, 0.25) is 5.95 Å². The van der Waals surface area contributed by atoms with Crippen LogP contribution in [-0.2, 0) is 12.0 Å². The molecule has 1 aromatic heterocycles. The minimum atomic E-state index is -0.0500. The SMILES string of the molecule is CC(C)(C)c1ccc(NC(=O)N2CCN(c3nc4ccccc4n3Cc3ccccc3)CC2)cc1. The lowest BCUT2D eigenvalue weighted by Gasteiger charge is -2.35. The molecule has 35 heavy (non-hydrogen) atoms. The number of benzene rings is 3. The Labute approximate surface area is 207 Å². The third-order valence-corrected chi connectivity index (χ3v) is 6.67. The predicted octanol–water partition coefficient (Wildman–Crippen LogP) is 5.74. The van der Waals surface area contributed by atoms with Gasteiger partial charge in [0.05, 0.1) is 17.6 Å². The van der Waals surface area contributed by atoms with Gasteiger partial charge in [0.15, 0.2) is 0 Å². The molecule has 180 valence electrons. The van der Waals surface area contributed by atoms with Gasteiger partial charge < -0.3 is 19.7 Å². The van der Waals surface area contributed by atoms with Gasteiger partial charge in [-0.15, -0.1) is 0 Å². The van der Waals surface area contributed by atoms with Crippen molar-refractivity contribution < 1.29 is 4.79 Å². The molecule has 5 rings (SSSR count). The Morgan fingerprint density at radius 2 is 1.51 bits per heavy atom. The number of carbonyl (C=O) groups is 1. The Morgan fingerprint density at radius 1 is 0.857 bits per heavy atom. The fourth-order valence-corrected chi connectivity index (χ4v) is 4.59. The Kier molecular flexibility index (Phi) is 6.20. The second kappa shape index (κ2) is 9.45. The quantitative estimate of drug-likeness (QED) is 0.417. The summed E-state index contributed by atoms with van der Waals surface area (Å²) in [5, 5.41) is 3.06. The van der Waals surface area contributed by atoms with Crippen LogP contribution in [0, 0.1) is 0 Å². The molecule has 1 aliphatic heterocycles. The number of aromatic nitrogens is 2. The Balaban J connectivity index is 1.27. The van der Waals surface area contributed by atoms with Gasteiger partial charge >= 0.3 is 6.03 Å². The first-order valence-electron chi connectivity index (χ1n) is 12.3. The molecule has 0 bridgehead atoms. The van der Waals surface area contributed by atoms with E-state index >= 15 is 0 Å². The third kappa shape index (κ3) is 5.02. The van der Waals surface area contributed by atoms with Gasteiger partial charge in [0.25, 0.3) is 0 Å². The molecule has 0 aliphatic carbocycles. The van der Waals surface area contributed by atoms with Crippen molar-refractivity contribution in [2.75, 3.05) is 36.4 Å². The van der Waals surface area contributed by atoms with Gasteiger partial charge in [-0.05, 0) is 40.8 Å². The summed E-state index contributed by atoms with van der Waals surface area (Å²) in [5.41, 5.74) is 5.54. The van der Waals surface area contributed by atoms with Gasteiger partial charge in [-0.2, -0.15) is 0 Å². The number of nitrogens with zero attached hydrogens (tertiary/aromatic N) is 4. The molecule has 1 saturated heterocycles. The van der Waals surface area contributed by atoms with Crippen LogP contribution < -0.4 is 10.2 Å². The van der Waals surface area contributed by atoms with E-state index < -0.39 is 0 Å². The second-order valence-corrected chi connectivity index (χ2v) is 10.2. The maximum atomic E-state index is 12.9. The van der Waals surface area contributed by atoms with E-state index in [9.17, 15) is 4.79 Å². The van der Waals surface area contributed by atoms with Crippen LogP contribution in [0.1, 0.15) is 31.9 Å². The number of hydrogen-bond donors (Lipinski definition) is 1. The first-order valence-corrected chi connectivity index (χ1v) is 12.3. The number of nitrogens with one attached hydrogen (secondary N) is 1. The van der Waals surface area contributed by atoms with E-state index in [2.05, 4.69) is 90.2 Å². The van der Waals surface area contributed by atoms with Gasteiger partial charge in [-0.1, -0.05) is 75.4 Å². The minimum absolute atomic E-state index is 0.0500. The Bertz CT molecular complexity index is 1300. The number of carbonyl (C=O) groups excluding carboxylic acids is 1. The summed E-state index contributed by atoms with van der Waals surface area (Å²) >= 11 is 0. The fraction of sp³-hybridized carbons (Fsp3) is 0.310. The zero-order chi connectivity index (χ0) is 24.4. The van der Waals surface area contributed by atoms with E-state index in [1.807, 2.05) is 29.2 Å². The van der Waals surface area contributed by atoms with Crippen LogP contribution in [0.5, 0.6) is 0 Å². The number of rotatable bonds is 4. The molecular formula is C29H33N5O. The maximum Gasteiger partial charge on any atom is 0.321 e. The molecule has 3 aromatic carbocycles. The zero-order valence-corrected chi connectivity index (χ0v) is 20.7. The highest BCUT2D eigenvalue weighted by Crippen LogP contribution is 2.26. The number of hydrogen-bond acceptors (Lipinski definition) is 3. The van der Waals surface area contributed by atoms with E-state index in [4.69, 9.17) is 4.98 Å². The monoisotopic (exact) mass is 467 g/mol. The molecule has 2 amide bonds. The molecule has 0 unspecified atom stereocenters. The van der Waals surface area contributed by atoms with Crippen LogP contribution >= 0.6 is 0 Å².